The first kappa shape index (κ1) is 14.9. The van der Waals surface area contributed by atoms with Gasteiger partial charge in [0.15, 0.2) is 0 Å². The molecule has 1 heteroatoms. The van der Waals surface area contributed by atoms with Gasteiger partial charge in [-0.3, -0.25) is 0 Å². The second-order valence-corrected chi connectivity index (χ2v) is 6.03. The van der Waals surface area contributed by atoms with Crippen molar-refractivity contribution >= 4 is 13.5 Å². The van der Waals surface area contributed by atoms with Gasteiger partial charge in [-0.05, 0) is 23.2 Å². The van der Waals surface area contributed by atoms with E-state index in [4.69, 9.17) is 0 Å². The smallest absolute Gasteiger partial charge is 0.0357 e. The Morgan fingerprint density at radius 3 is 1.33 bits per heavy atom. The average molecular weight is 190 g/mol. The molecule has 0 N–H and O–H groups in total. The van der Waals surface area contributed by atoms with E-state index in [0.29, 0.717) is 10.8 Å². The second-order valence-electron chi connectivity index (χ2n) is 6.03. The molecule has 12 heavy (non-hydrogen) atoms. The maximum atomic E-state index is 2.35. The Labute approximate surface area is 85.6 Å². The third-order valence-electron chi connectivity index (χ3n) is 2.40. The summed E-state index contributed by atoms with van der Waals surface area (Å²) in [7, 11) is 0. The summed E-state index contributed by atoms with van der Waals surface area (Å²) in [6, 6.07) is 0. The first-order valence-corrected chi connectivity index (χ1v) is 4.63. The minimum Gasteiger partial charge on any atom is -0.197 e. The molecular formula is C11H26S. The van der Waals surface area contributed by atoms with Crippen LogP contribution in [0, 0.1) is 16.7 Å². The van der Waals surface area contributed by atoms with Gasteiger partial charge in [0.05, 0.1) is 0 Å². The lowest BCUT2D eigenvalue weighted by molar-refractivity contribution is 0.182. The topological polar surface area (TPSA) is 0 Å². The Morgan fingerprint density at radius 1 is 0.917 bits per heavy atom. The van der Waals surface area contributed by atoms with Crippen LogP contribution < -0.4 is 0 Å². The van der Waals surface area contributed by atoms with Crippen LogP contribution in [0.2, 0.25) is 0 Å². The van der Waals surface area contributed by atoms with E-state index < -0.39 is 0 Å². The first-order chi connectivity index (χ1) is 4.63. The molecule has 0 spiro atoms. The highest BCUT2D eigenvalue weighted by Gasteiger charge is 2.24. The van der Waals surface area contributed by atoms with Crippen molar-refractivity contribution in [2.75, 3.05) is 0 Å². The maximum Gasteiger partial charge on any atom is -0.0357 e. The molecule has 0 rings (SSSR count). The molecule has 1 unspecified atom stereocenters. The normalized spacial score (nSPS) is 15.2. The molecule has 0 nitrogen and oxygen atoms in total. The molecule has 0 aromatic rings. The van der Waals surface area contributed by atoms with Crippen LogP contribution in [0.15, 0.2) is 0 Å². The van der Waals surface area contributed by atoms with E-state index in [0.717, 1.165) is 5.92 Å². The lowest BCUT2D eigenvalue weighted by atomic mass is 9.73. The Balaban J connectivity index is 0. The predicted molar refractivity (Wildman–Crippen MR) is 63.1 cm³/mol. The van der Waals surface area contributed by atoms with E-state index in [9.17, 15) is 0 Å². The summed E-state index contributed by atoms with van der Waals surface area (Å²) in [6.07, 6.45) is 1.32. The molecule has 0 amide bonds. The van der Waals surface area contributed by atoms with Gasteiger partial charge in [0.25, 0.3) is 0 Å². The molecule has 0 heterocycles. The lowest BCUT2D eigenvalue weighted by Gasteiger charge is -2.32. The molecule has 0 saturated heterocycles. The summed E-state index contributed by atoms with van der Waals surface area (Å²) in [5.41, 5.74) is 0.944. The molecule has 0 fully saturated rings. The van der Waals surface area contributed by atoms with Crippen molar-refractivity contribution in [3.05, 3.63) is 0 Å². The highest BCUT2D eigenvalue weighted by atomic mass is 32.1. The van der Waals surface area contributed by atoms with Crippen LogP contribution in [0.1, 0.15) is 54.9 Å². The highest BCUT2D eigenvalue weighted by molar-refractivity contribution is 7.59. The molecule has 0 saturated carbocycles. The van der Waals surface area contributed by atoms with E-state index in [2.05, 4.69) is 48.5 Å². The molecule has 0 bridgehead atoms. The number of hydrogen-bond donors (Lipinski definition) is 0. The van der Waals surface area contributed by atoms with Crippen molar-refractivity contribution < 1.29 is 0 Å². The standard InChI is InChI=1S/C11H24.H2S/c1-9(11(5,6)7)8-10(2,3)4;/h9H,8H2,1-7H3;1H2. The largest absolute Gasteiger partial charge is 0.197 e. The molecule has 76 valence electrons. The molecule has 0 aromatic heterocycles. The minimum atomic E-state index is 0. The Kier molecular flexibility index (Phi) is 5.63. The van der Waals surface area contributed by atoms with Gasteiger partial charge in [-0.1, -0.05) is 48.5 Å². The fourth-order valence-electron chi connectivity index (χ4n) is 1.22. The van der Waals surface area contributed by atoms with Crippen LogP contribution in [0.25, 0.3) is 0 Å². The lowest BCUT2D eigenvalue weighted by Crippen LogP contribution is -2.22. The summed E-state index contributed by atoms with van der Waals surface area (Å²) in [5.74, 6) is 0.808. The van der Waals surface area contributed by atoms with Crippen LogP contribution in [-0.2, 0) is 0 Å². The first-order valence-electron chi connectivity index (χ1n) is 4.63. The van der Waals surface area contributed by atoms with E-state index in [-0.39, 0.29) is 13.5 Å². The number of hydrogen-bond acceptors (Lipinski definition) is 0. The predicted octanol–water partition coefficient (Wildman–Crippen LogP) is 4.22. The zero-order chi connectivity index (χ0) is 9.28. The second kappa shape index (κ2) is 4.55. The Morgan fingerprint density at radius 2 is 1.25 bits per heavy atom. The minimum absolute atomic E-state index is 0. The van der Waals surface area contributed by atoms with Gasteiger partial charge < -0.3 is 0 Å². The van der Waals surface area contributed by atoms with Crippen molar-refractivity contribution in [2.45, 2.75) is 54.9 Å². The van der Waals surface area contributed by atoms with Crippen molar-refractivity contribution in [3.8, 4) is 0 Å². The van der Waals surface area contributed by atoms with Crippen LogP contribution in [0.3, 0.4) is 0 Å². The van der Waals surface area contributed by atoms with Crippen molar-refractivity contribution in [1.29, 1.82) is 0 Å². The zero-order valence-electron chi connectivity index (χ0n) is 9.78. The average Bonchev–Trinajstić information content (AvgIpc) is 1.56. The van der Waals surface area contributed by atoms with Gasteiger partial charge in [-0.15, -0.1) is 0 Å². The third kappa shape index (κ3) is 7.02. The van der Waals surface area contributed by atoms with Crippen LogP contribution in [0.4, 0.5) is 0 Å². The summed E-state index contributed by atoms with van der Waals surface area (Å²) in [5, 5.41) is 0. The fraction of sp³-hybridized carbons (Fsp3) is 1.00. The molecular weight excluding hydrogens is 164 g/mol. The van der Waals surface area contributed by atoms with Gasteiger partial charge in [0.1, 0.15) is 0 Å². The van der Waals surface area contributed by atoms with E-state index >= 15 is 0 Å². The van der Waals surface area contributed by atoms with Gasteiger partial charge in [-0.25, -0.2) is 0 Å². The number of rotatable bonds is 1. The highest BCUT2D eigenvalue weighted by Crippen LogP contribution is 2.35. The van der Waals surface area contributed by atoms with E-state index in [1.807, 2.05) is 0 Å². The van der Waals surface area contributed by atoms with Crippen molar-refractivity contribution in [2.24, 2.45) is 16.7 Å². The summed E-state index contributed by atoms with van der Waals surface area (Å²) in [6.45, 7) is 16.3. The van der Waals surface area contributed by atoms with Gasteiger partial charge in [-0.2, -0.15) is 13.5 Å². The molecule has 0 aromatic carbocycles. The van der Waals surface area contributed by atoms with Gasteiger partial charge in [0.2, 0.25) is 0 Å². The third-order valence-corrected chi connectivity index (χ3v) is 2.40. The van der Waals surface area contributed by atoms with Gasteiger partial charge in [0, 0.05) is 0 Å². The SMILES string of the molecule is CC(CC(C)(C)C)C(C)(C)C.S. The molecule has 0 radical (unpaired) electrons. The molecule has 0 aliphatic rings. The van der Waals surface area contributed by atoms with Crippen molar-refractivity contribution in [1.82, 2.24) is 0 Å². The quantitative estimate of drug-likeness (QED) is 0.581. The van der Waals surface area contributed by atoms with E-state index in [1.165, 1.54) is 6.42 Å². The Bertz CT molecular complexity index is 114. The van der Waals surface area contributed by atoms with Crippen LogP contribution in [-0.4, -0.2) is 0 Å². The fourth-order valence-corrected chi connectivity index (χ4v) is 1.22. The van der Waals surface area contributed by atoms with Crippen LogP contribution in [0.5, 0.6) is 0 Å². The van der Waals surface area contributed by atoms with Crippen molar-refractivity contribution in [3.63, 3.8) is 0 Å². The zero-order valence-corrected chi connectivity index (χ0v) is 10.8. The molecule has 1 atom stereocenters. The van der Waals surface area contributed by atoms with E-state index in [1.54, 1.807) is 0 Å². The summed E-state index contributed by atoms with van der Waals surface area (Å²) >= 11 is 0. The summed E-state index contributed by atoms with van der Waals surface area (Å²) in [4.78, 5) is 0. The molecule has 0 aliphatic heterocycles. The Hall–Kier alpha value is 0.350. The monoisotopic (exact) mass is 190 g/mol. The maximum absolute atomic E-state index is 2.35. The summed E-state index contributed by atoms with van der Waals surface area (Å²) < 4.78 is 0. The van der Waals surface area contributed by atoms with Gasteiger partial charge >= 0.3 is 0 Å². The molecule has 0 aliphatic carbocycles. The van der Waals surface area contributed by atoms with Crippen LogP contribution >= 0.6 is 13.5 Å².